The first-order valence-electron chi connectivity index (χ1n) is 6.58. The average Bonchev–Trinajstić information content (AvgIpc) is 2.69. The van der Waals surface area contributed by atoms with Crippen LogP contribution in [0.25, 0.3) is 0 Å². The number of aromatic amines is 1. The van der Waals surface area contributed by atoms with Crippen LogP contribution in [0.3, 0.4) is 0 Å². The van der Waals surface area contributed by atoms with E-state index in [2.05, 4.69) is 59.6 Å². The molecule has 0 unspecified atom stereocenters. The van der Waals surface area contributed by atoms with E-state index in [0.29, 0.717) is 0 Å². The molecule has 4 heteroatoms. The van der Waals surface area contributed by atoms with Gasteiger partial charge in [-0.1, -0.05) is 0 Å². The molecule has 1 aromatic heterocycles. The Hall–Kier alpha value is 0.223. The van der Waals surface area contributed by atoms with E-state index in [9.17, 15) is 0 Å². The fourth-order valence-corrected chi connectivity index (χ4v) is 6.76. The van der Waals surface area contributed by atoms with Crippen LogP contribution in [-0.4, -0.2) is 4.98 Å². The van der Waals surface area contributed by atoms with Crippen LogP contribution in [-0.2, 0) is 23.2 Å². The smallest absolute Gasteiger partial charge is 1.00 e. The van der Waals surface area contributed by atoms with Crippen LogP contribution < -0.4 is 28.2 Å². The topological polar surface area (TPSA) is 15.8 Å². The van der Waals surface area contributed by atoms with Crippen LogP contribution in [0.2, 0.25) is 0 Å². The second kappa shape index (κ2) is 6.99. The van der Waals surface area contributed by atoms with Crippen molar-refractivity contribution in [1.82, 2.24) is 4.98 Å². The minimum Gasteiger partial charge on any atom is -1.00 e. The van der Waals surface area contributed by atoms with Crippen molar-refractivity contribution in [2.45, 2.75) is 48.5 Å². The molecular formula is C16H23Cl2NZr. The van der Waals surface area contributed by atoms with E-state index in [1.807, 2.05) is 0 Å². The number of H-pyrrole nitrogens is 1. The van der Waals surface area contributed by atoms with E-state index in [4.69, 9.17) is 0 Å². The summed E-state index contributed by atoms with van der Waals surface area (Å²) >= 11 is -0.695. The number of hydrogen-bond donors (Lipinski definition) is 1. The molecule has 0 radical (unpaired) electrons. The van der Waals surface area contributed by atoms with E-state index >= 15 is 0 Å². The van der Waals surface area contributed by atoms with Crippen LogP contribution in [0, 0.1) is 19.3 Å². The first-order valence-corrected chi connectivity index (χ1v) is 9.04. The van der Waals surface area contributed by atoms with E-state index in [1.165, 1.54) is 16.7 Å². The summed E-state index contributed by atoms with van der Waals surface area (Å²) in [4.78, 5) is 3.51. The van der Waals surface area contributed by atoms with Crippen molar-refractivity contribution in [2.24, 2.45) is 5.41 Å². The van der Waals surface area contributed by atoms with Gasteiger partial charge in [-0.3, -0.25) is 0 Å². The Kier molecular flexibility index (Phi) is 7.07. The van der Waals surface area contributed by atoms with Crippen LogP contribution in [0.5, 0.6) is 0 Å². The minimum atomic E-state index is -0.695. The zero-order valence-corrected chi connectivity index (χ0v) is 17.3. The van der Waals surface area contributed by atoms with Crippen molar-refractivity contribution in [1.29, 1.82) is 0 Å². The third-order valence-corrected chi connectivity index (χ3v) is 9.68. The number of nitrogens with one attached hydrogen (secondary N) is 1. The van der Waals surface area contributed by atoms with Gasteiger partial charge < -0.3 is 24.8 Å². The van der Waals surface area contributed by atoms with Gasteiger partial charge in [0.05, 0.1) is 0 Å². The van der Waals surface area contributed by atoms with Crippen LogP contribution in [0.4, 0.5) is 0 Å². The normalized spacial score (nSPS) is 16.8. The van der Waals surface area contributed by atoms with Gasteiger partial charge in [-0.2, -0.15) is 0 Å². The Morgan fingerprint density at radius 1 is 0.950 bits per heavy atom. The molecule has 0 amide bonds. The Morgan fingerprint density at radius 3 is 1.85 bits per heavy atom. The van der Waals surface area contributed by atoms with Gasteiger partial charge in [-0.25, -0.2) is 0 Å². The van der Waals surface area contributed by atoms with Crippen LogP contribution in [0.15, 0.2) is 26.2 Å². The van der Waals surface area contributed by atoms with Crippen LogP contribution in [0.1, 0.15) is 45.7 Å². The van der Waals surface area contributed by atoms with Gasteiger partial charge in [0.2, 0.25) is 0 Å². The molecule has 1 N–H and O–H groups in total. The predicted molar refractivity (Wildman–Crippen MR) is 74.8 cm³/mol. The van der Waals surface area contributed by atoms with Gasteiger partial charge >= 0.3 is 123 Å². The second-order valence-corrected chi connectivity index (χ2v) is 9.04. The standard InChI is InChI=1S/C10H15.C6H8N.2ClH.Zr/c1-7-6-10(4,5)9(3)8(7)2;1-5-3-7-4-6(5)2;;;/h1-5H3;3,7H,1-2H3;2*1H;/q;;;;+2/p-2. The second-order valence-electron chi connectivity index (χ2n) is 5.97. The Bertz CT molecular complexity index is 565. The van der Waals surface area contributed by atoms with Gasteiger partial charge in [0.15, 0.2) is 0 Å². The van der Waals surface area contributed by atoms with Gasteiger partial charge in [0.1, 0.15) is 0 Å². The molecule has 20 heavy (non-hydrogen) atoms. The molecule has 2 rings (SSSR count). The summed E-state index contributed by atoms with van der Waals surface area (Å²) in [6, 6.07) is 0. The summed E-state index contributed by atoms with van der Waals surface area (Å²) in [5.41, 5.74) is 7.83. The predicted octanol–water partition coefficient (Wildman–Crippen LogP) is -2.00. The number of halogens is 2. The molecule has 0 aromatic carbocycles. The fraction of sp³-hybridized carbons (Fsp3) is 0.500. The summed E-state index contributed by atoms with van der Waals surface area (Å²) in [6.45, 7) is 16.1. The molecule has 0 aliphatic heterocycles. The molecular weight excluding hydrogens is 368 g/mol. The molecule has 0 atom stereocenters. The third kappa shape index (κ3) is 3.18. The van der Waals surface area contributed by atoms with E-state index in [1.54, 1.807) is 17.8 Å². The average molecular weight is 391 g/mol. The van der Waals surface area contributed by atoms with E-state index in [-0.39, 0.29) is 30.2 Å². The third-order valence-electron chi connectivity index (χ3n) is 4.71. The zero-order chi connectivity index (χ0) is 13.7. The van der Waals surface area contributed by atoms with Crippen molar-refractivity contribution in [2.75, 3.05) is 0 Å². The number of aromatic nitrogens is 1. The monoisotopic (exact) mass is 389 g/mol. The molecule has 0 saturated carbocycles. The first-order chi connectivity index (χ1) is 8.26. The van der Waals surface area contributed by atoms with Gasteiger partial charge in [0.25, 0.3) is 0 Å². The summed E-state index contributed by atoms with van der Waals surface area (Å²) in [5.74, 6) is 0. The SMILES string of the molecule is CC1=C(C)C(C)(C)[C]([Zr+2][c]2[nH]cc(C)c2C)=C1C.[Cl-].[Cl-]. The molecule has 1 aliphatic rings. The number of aryl methyl sites for hydroxylation is 1. The molecule has 1 nitrogen and oxygen atoms in total. The van der Waals surface area contributed by atoms with Crippen LogP contribution >= 0.6 is 0 Å². The summed E-state index contributed by atoms with van der Waals surface area (Å²) in [5, 5.41) is 0. The zero-order valence-electron chi connectivity index (χ0n) is 13.3. The summed E-state index contributed by atoms with van der Waals surface area (Å²) in [7, 11) is 0. The minimum absolute atomic E-state index is 0. The van der Waals surface area contributed by atoms with Gasteiger partial charge in [-0.05, 0) is 0 Å². The van der Waals surface area contributed by atoms with Crippen molar-refractivity contribution >= 4 is 3.40 Å². The van der Waals surface area contributed by atoms with Gasteiger partial charge in [0, 0.05) is 0 Å². The molecule has 1 heterocycles. The number of rotatable bonds is 2. The quantitative estimate of drug-likeness (QED) is 0.600. The Balaban J connectivity index is 0.00000180. The van der Waals surface area contributed by atoms with Crippen molar-refractivity contribution in [3.8, 4) is 0 Å². The first kappa shape index (κ1) is 20.2. The summed E-state index contributed by atoms with van der Waals surface area (Å²) < 4.78 is 3.28. The largest absolute Gasteiger partial charge is 1.00 e. The fourth-order valence-electron chi connectivity index (χ4n) is 2.69. The van der Waals surface area contributed by atoms with E-state index < -0.39 is 23.2 Å². The maximum Gasteiger partial charge on any atom is -1.00 e. The van der Waals surface area contributed by atoms with Crippen molar-refractivity contribution < 1.29 is 48.0 Å². The van der Waals surface area contributed by atoms with Crippen molar-refractivity contribution in [3.05, 3.63) is 37.3 Å². The molecule has 1 aliphatic carbocycles. The Labute approximate surface area is 147 Å². The molecule has 0 spiro atoms. The molecule has 0 saturated heterocycles. The number of allylic oxidation sites excluding steroid dienone is 4. The maximum absolute atomic E-state index is 3.51. The molecule has 0 bridgehead atoms. The Morgan fingerprint density at radius 2 is 1.50 bits per heavy atom. The summed E-state index contributed by atoms with van der Waals surface area (Å²) in [6.07, 6.45) is 2.16. The maximum atomic E-state index is 3.51. The molecule has 1 aromatic rings. The number of hydrogen-bond acceptors (Lipinski definition) is 0. The van der Waals surface area contributed by atoms with Crippen molar-refractivity contribution in [3.63, 3.8) is 0 Å². The van der Waals surface area contributed by atoms with Gasteiger partial charge in [-0.15, -0.1) is 0 Å². The molecule has 110 valence electrons. The molecule has 0 fully saturated rings. The van der Waals surface area contributed by atoms with E-state index in [0.717, 1.165) is 0 Å².